The second-order valence-corrected chi connectivity index (χ2v) is 6.07. The Balaban J connectivity index is 3.24. The van der Waals surface area contributed by atoms with Crippen molar-refractivity contribution in [2.75, 3.05) is 13.6 Å². The number of hydrogen-bond donors (Lipinski definition) is 1. The Morgan fingerprint density at radius 3 is 2.41 bits per heavy atom. The number of imide groups is 2. The molecule has 1 heterocycles. The van der Waals surface area contributed by atoms with Crippen molar-refractivity contribution in [3.8, 4) is 0 Å². The van der Waals surface area contributed by atoms with E-state index in [1.54, 1.807) is 14.0 Å². The molecule has 1 fully saturated rings. The normalized spacial score (nSPS) is 19.5. The van der Waals surface area contributed by atoms with Gasteiger partial charge in [-0.2, -0.15) is 0 Å². The SMILES string of the molecule is CCC(C)CC(C)(C(=O)N(C)CC)N1C(=O)CC(=O)NC1=O. The van der Waals surface area contributed by atoms with Crippen LogP contribution < -0.4 is 5.32 Å². The molecule has 1 aliphatic heterocycles. The Kier molecular flexibility index (Phi) is 5.68. The minimum atomic E-state index is -1.29. The van der Waals surface area contributed by atoms with Crippen LogP contribution in [0.25, 0.3) is 0 Å². The largest absolute Gasteiger partial charge is 0.344 e. The maximum absolute atomic E-state index is 12.8. The second-order valence-electron chi connectivity index (χ2n) is 6.07. The fourth-order valence-electron chi connectivity index (χ4n) is 2.70. The molecule has 0 aromatic heterocycles. The van der Waals surface area contributed by atoms with Crippen LogP contribution in [0.5, 0.6) is 0 Å². The molecule has 1 rings (SSSR count). The van der Waals surface area contributed by atoms with Gasteiger partial charge in [-0.05, 0) is 26.2 Å². The summed E-state index contributed by atoms with van der Waals surface area (Å²) < 4.78 is 0. The van der Waals surface area contributed by atoms with Gasteiger partial charge in [0.1, 0.15) is 12.0 Å². The first-order chi connectivity index (χ1) is 10.2. The fraction of sp³-hybridized carbons (Fsp3) is 0.733. The standard InChI is InChI=1S/C15H25N3O4/c1-6-10(3)9-15(4,13(21)17(5)7-2)18-12(20)8-11(19)16-14(18)22/h10H,6-9H2,1-5H3,(H,16,19,22). The molecule has 0 spiro atoms. The molecule has 1 N–H and O–H groups in total. The summed E-state index contributed by atoms with van der Waals surface area (Å²) in [5, 5.41) is 2.13. The van der Waals surface area contributed by atoms with Crippen LogP contribution in [0, 0.1) is 5.92 Å². The molecule has 0 saturated carbocycles. The number of carbonyl (C=O) groups excluding carboxylic acids is 4. The topological polar surface area (TPSA) is 86.8 Å². The molecule has 1 saturated heterocycles. The molecule has 0 aromatic carbocycles. The van der Waals surface area contributed by atoms with Crippen LogP contribution in [0.4, 0.5) is 4.79 Å². The fourth-order valence-corrected chi connectivity index (χ4v) is 2.70. The van der Waals surface area contributed by atoms with Gasteiger partial charge in [0.25, 0.3) is 0 Å². The molecule has 0 aliphatic carbocycles. The molecular formula is C15H25N3O4. The lowest BCUT2D eigenvalue weighted by molar-refractivity contribution is -0.152. The number of hydrogen-bond acceptors (Lipinski definition) is 4. The first kappa shape index (κ1) is 18.1. The van der Waals surface area contributed by atoms with Crippen molar-refractivity contribution in [2.24, 2.45) is 5.92 Å². The predicted octanol–water partition coefficient (Wildman–Crippen LogP) is 1.13. The molecule has 2 unspecified atom stereocenters. The molecule has 7 nitrogen and oxygen atoms in total. The predicted molar refractivity (Wildman–Crippen MR) is 80.8 cm³/mol. The molecule has 0 bridgehead atoms. The third kappa shape index (κ3) is 3.45. The Morgan fingerprint density at radius 1 is 1.36 bits per heavy atom. The summed E-state index contributed by atoms with van der Waals surface area (Å²) in [6.07, 6.45) is 0.770. The van der Waals surface area contributed by atoms with Crippen LogP contribution >= 0.6 is 0 Å². The van der Waals surface area contributed by atoms with E-state index < -0.39 is 29.8 Å². The van der Waals surface area contributed by atoms with E-state index in [0.717, 1.165) is 11.3 Å². The van der Waals surface area contributed by atoms with Crippen molar-refractivity contribution in [1.29, 1.82) is 0 Å². The molecule has 0 aromatic rings. The van der Waals surface area contributed by atoms with Crippen LogP contribution in [0.3, 0.4) is 0 Å². The summed E-state index contributed by atoms with van der Waals surface area (Å²) in [6, 6.07) is -0.815. The summed E-state index contributed by atoms with van der Waals surface area (Å²) >= 11 is 0. The number of urea groups is 1. The van der Waals surface area contributed by atoms with Gasteiger partial charge in [0.2, 0.25) is 17.7 Å². The van der Waals surface area contributed by atoms with E-state index in [9.17, 15) is 19.2 Å². The average molecular weight is 311 g/mol. The number of nitrogens with zero attached hydrogens (tertiary/aromatic N) is 2. The van der Waals surface area contributed by atoms with Crippen molar-refractivity contribution in [3.05, 3.63) is 0 Å². The summed E-state index contributed by atoms with van der Waals surface area (Å²) in [7, 11) is 1.63. The third-order valence-corrected chi connectivity index (χ3v) is 4.23. The zero-order valence-electron chi connectivity index (χ0n) is 13.9. The minimum Gasteiger partial charge on any atom is -0.344 e. The number of nitrogens with one attached hydrogen (secondary N) is 1. The zero-order valence-corrected chi connectivity index (χ0v) is 13.9. The summed E-state index contributed by atoms with van der Waals surface area (Å²) in [5.74, 6) is -1.41. The van der Waals surface area contributed by atoms with Gasteiger partial charge in [0.05, 0.1) is 0 Å². The number of amides is 5. The summed E-state index contributed by atoms with van der Waals surface area (Å²) in [5.41, 5.74) is -1.29. The zero-order chi connectivity index (χ0) is 17.1. The average Bonchev–Trinajstić information content (AvgIpc) is 2.44. The summed E-state index contributed by atoms with van der Waals surface area (Å²) in [6.45, 7) is 7.84. The number of barbiturate groups is 1. The van der Waals surface area contributed by atoms with Crippen molar-refractivity contribution in [1.82, 2.24) is 15.1 Å². The van der Waals surface area contributed by atoms with Gasteiger partial charge in [0.15, 0.2) is 0 Å². The summed E-state index contributed by atoms with van der Waals surface area (Å²) in [4.78, 5) is 50.9. The highest BCUT2D eigenvalue weighted by Gasteiger charge is 2.49. The van der Waals surface area contributed by atoms with E-state index in [-0.39, 0.29) is 11.8 Å². The Labute approximate surface area is 131 Å². The van der Waals surface area contributed by atoms with Crippen LogP contribution in [-0.2, 0) is 14.4 Å². The monoisotopic (exact) mass is 311 g/mol. The highest BCUT2D eigenvalue weighted by molar-refractivity contribution is 6.16. The maximum atomic E-state index is 12.8. The van der Waals surface area contributed by atoms with Crippen molar-refractivity contribution >= 4 is 23.8 Å². The molecule has 1 aliphatic rings. The minimum absolute atomic E-state index is 0.150. The van der Waals surface area contributed by atoms with Gasteiger partial charge in [-0.1, -0.05) is 20.3 Å². The van der Waals surface area contributed by atoms with E-state index in [1.165, 1.54) is 4.90 Å². The maximum Gasteiger partial charge on any atom is 0.331 e. The number of rotatable bonds is 6. The smallest absolute Gasteiger partial charge is 0.331 e. The van der Waals surface area contributed by atoms with E-state index in [4.69, 9.17) is 0 Å². The van der Waals surface area contributed by atoms with E-state index in [2.05, 4.69) is 5.32 Å². The van der Waals surface area contributed by atoms with Gasteiger partial charge >= 0.3 is 6.03 Å². The van der Waals surface area contributed by atoms with Crippen molar-refractivity contribution < 1.29 is 19.2 Å². The van der Waals surface area contributed by atoms with Crippen LogP contribution in [0.1, 0.15) is 47.0 Å². The van der Waals surface area contributed by atoms with E-state index >= 15 is 0 Å². The quantitative estimate of drug-likeness (QED) is 0.745. The van der Waals surface area contributed by atoms with Crippen LogP contribution in [0.15, 0.2) is 0 Å². The Morgan fingerprint density at radius 2 is 1.95 bits per heavy atom. The lowest BCUT2D eigenvalue weighted by Crippen LogP contribution is -2.66. The molecule has 124 valence electrons. The van der Waals surface area contributed by atoms with E-state index in [1.807, 2.05) is 20.8 Å². The molecule has 5 amide bonds. The molecule has 22 heavy (non-hydrogen) atoms. The third-order valence-electron chi connectivity index (χ3n) is 4.23. The Bertz CT molecular complexity index is 471. The van der Waals surface area contributed by atoms with Gasteiger partial charge in [-0.3, -0.25) is 19.7 Å². The van der Waals surface area contributed by atoms with Gasteiger partial charge in [0, 0.05) is 13.6 Å². The van der Waals surface area contributed by atoms with Gasteiger partial charge in [-0.15, -0.1) is 0 Å². The lowest BCUT2D eigenvalue weighted by atomic mass is 9.85. The Hall–Kier alpha value is -1.92. The first-order valence-corrected chi connectivity index (χ1v) is 7.59. The van der Waals surface area contributed by atoms with Crippen molar-refractivity contribution in [2.45, 2.75) is 52.5 Å². The molecule has 2 atom stereocenters. The number of carbonyl (C=O) groups is 4. The van der Waals surface area contributed by atoms with Crippen LogP contribution in [0.2, 0.25) is 0 Å². The van der Waals surface area contributed by atoms with Crippen LogP contribution in [-0.4, -0.2) is 52.7 Å². The van der Waals surface area contributed by atoms with Gasteiger partial charge < -0.3 is 4.90 Å². The highest BCUT2D eigenvalue weighted by atomic mass is 16.2. The lowest BCUT2D eigenvalue weighted by Gasteiger charge is -2.43. The number of likely N-dealkylation sites (N-methyl/N-ethyl adjacent to an activating group) is 1. The molecule has 0 radical (unpaired) electrons. The second kappa shape index (κ2) is 6.89. The first-order valence-electron chi connectivity index (χ1n) is 7.59. The van der Waals surface area contributed by atoms with Crippen molar-refractivity contribution in [3.63, 3.8) is 0 Å². The van der Waals surface area contributed by atoms with Gasteiger partial charge in [-0.25, -0.2) is 9.69 Å². The molecular weight excluding hydrogens is 286 g/mol. The highest BCUT2D eigenvalue weighted by Crippen LogP contribution is 2.30. The van der Waals surface area contributed by atoms with E-state index in [0.29, 0.717) is 13.0 Å². The molecule has 7 heteroatoms.